The number of benzene rings is 2. The molecule has 0 aliphatic heterocycles. The molecule has 2 aromatic rings. The number of methoxy groups -OCH3 is 2. The summed E-state index contributed by atoms with van der Waals surface area (Å²) in [5.74, 6) is 1.21. The van der Waals surface area contributed by atoms with Gasteiger partial charge in [0.25, 0.3) is 0 Å². The number of halogens is 1. The van der Waals surface area contributed by atoms with Crippen molar-refractivity contribution in [3.8, 4) is 11.5 Å². The van der Waals surface area contributed by atoms with Crippen molar-refractivity contribution in [2.24, 2.45) is 0 Å². The van der Waals surface area contributed by atoms with Gasteiger partial charge in [0.1, 0.15) is 0 Å². The predicted molar refractivity (Wildman–Crippen MR) is 87.7 cm³/mol. The van der Waals surface area contributed by atoms with E-state index in [9.17, 15) is 0 Å². The van der Waals surface area contributed by atoms with Gasteiger partial charge in [0, 0.05) is 12.2 Å². The molecule has 0 spiro atoms. The Morgan fingerprint density at radius 3 is 2.29 bits per heavy atom. The van der Waals surface area contributed by atoms with E-state index in [1.165, 1.54) is 5.56 Å². The summed E-state index contributed by atoms with van der Waals surface area (Å²) < 4.78 is 10.5. The van der Waals surface area contributed by atoms with Crippen molar-refractivity contribution < 1.29 is 9.47 Å². The summed E-state index contributed by atoms with van der Waals surface area (Å²) in [6.07, 6.45) is 1.04. The second-order valence-corrected chi connectivity index (χ2v) is 5.06. The van der Waals surface area contributed by atoms with Gasteiger partial charge in [-0.25, -0.2) is 0 Å². The largest absolute Gasteiger partial charge is 0.493 e. The first-order valence-corrected chi connectivity index (χ1v) is 7.29. The summed E-state index contributed by atoms with van der Waals surface area (Å²) in [7, 11) is 3.19. The molecule has 0 aromatic heterocycles. The van der Waals surface area contributed by atoms with Gasteiger partial charge < -0.3 is 14.8 Å². The van der Waals surface area contributed by atoms with Crippen molar-refractivity contribution in [1.82, 2.24) is 0 Å². The molecular weight excluding hydrogens is 286 g/mol. The minimum Gasteiger partial charge on any atom is -0.493 e. The Bertz CT molecular complexity index is 596. The van der Waals surface area contributed by atoms with Crippen LogP contribution in [0, 0.1) is 0 Å². The van der Waals surface area contributed by atoms with Gasteiger partial charge in [-0.05, 0) is 35.7 Å². The first kappa shape index (κ1) is 15.5. The zero-order chi connectivity index (χ0) is 15.2. The second kappa shape index (κ2) is 7.23. The first-order chi connectivity index (χ1) is 10.2. The zero-order valence-corrected chi connectivity index (χ0v) is 13.3. The van der Waals surface area contributed by atoms with Crippen LogP contribution in [0.15, 0.2) is 36.4 Å². The van der Waals surface area contributed by atoms with Gasteiger partial charge in [-0.3, -0.25) is 0 Å². The van der Waals surface area contributed by atoms with Crippen LogP contribution >= 0.6 is 11.6 Å². The fourth-order valence-electron chi connectivity index (χ4n) is 2.12. The maximum atomic E-state index is 6.36. The Kier molecular flexibility index (Phi) is 5.34. The predicted octanol–water partition coefficient (Wildman–Crippen LogP) is 4.53. The van der Waals surface area contributed by atoms with Gasteiger partial charge >= 0.3 is 0 Å². The van der Waals surface area contributed by atoms with Crippen LogP contribution in [0.3, 0.4) is 0 Å². The molecule has 0 aliphatic carbocycles. The third-order valence-electron chi connectivity index (χ3n) is 3.41. The molecule has 1 N–H and O–H groups in total. The van der Waals surface area contributed by atoms with E-state index in [0.717, 1.165) is 17.7 Å². The van der Waals surface area contributed by atoms with Gasteiger partial charge in [-0.1, -0.05) is 36.7 Å². The van der Waals surface area contributed by atoms with Crippen LogP contribution in [0.2, 0.25) is 5.02 Å². The van der Waals surface area contributed by atoms with E-state index in [4.69, 9.17) is 21.1 Å². The minimum absolute atomic E-state index is 0.569. The summed E-state index contributed by atoms with van der Waals surface area (Å²) in [6, 6.07) is 12.2. The van der Waals surface area contributed by atoms with Crippen molar-refractivity contribution in [1.29, 1.82) is 0 Å². The highest BCUT2D eigenvalue weighted by atomic mass is 35.5. The summed E-state index contributed by atoms with van der Waals surface area (Å²) in [5.41, 5.74) is 3.36. The lowest BCUT2D eigenvalue weighted by Gasteiger charge is -2.14. The van der Waals surface area contributed by atoms with Crippen molar-refractivity contribution in [3.63, 3.8) is 0 Å². The molecule has 0 unspecified atom stereocenters. The minimum atomic E-state index is 0.569. The first-order valence-electron chi connectivity index (χ1n) is 6.91. The van der Waals surface area contributed by atoms with Crippen LogP contribution in [-0.4, -0.2) is 14.2 Å². The average molecular weight is 306 g/mol. The van der Waals surface area contributed by atoms with E-state index < -0.39 is 0 Å². The van der Waals surface area contributed by atoms with Gasteiger partial charge in [0.05, 0.1) is 19.2 Å². The van der Waals surface area contributed by atoms with E-state index in [2.05, 4.69) is 36.5 Å². The van der Waals surface area contributed by atoms with E-state index in [1.807, 2.05) is 12.1 Å². The molecule has 0 aliphatic rings. The van der Waals surface area contributed by atoms with Crippen LogP contribution in [0.25, 0.3) is 0 Å². The van der Waals surface area contributed by atoms with Crippen LogP contribution in [-0.2, 0) is 13.0 Å². The Labute approximate surface area is 130 Å². The molecule has 4 heteroatoms. The lowest BCUT2D eigenvalue weighted by atomic mass is 10.1. The third-order valence-corrected chi connectivity index (χ3v) is 3.82. The van der Waals surface area contributed by atoms with Gasteiger partial charge in [0.15, 0.2) is 11.5 Å². The monoisotopic (exact) mass is 305 g/mol. The fourth-order valence-corrected chi connectivity index (χ4v) is 2.42. The highest BCUT2D eigenvalue weighted by Crippen LogP contribution is 2.37. The van der Waals surface area contributed by atoms with Crippen molar-refractivity contribution in [2.75, 3.05) is 19.5 Å². The Hall–Kier alpha value is -1.87. The lowest BCUT2D eigenvalue weighted by Crippen LogP contribution is -2.02. The zero-order valence-electron chi connectivity index (χ0n) is 12.6. The standard InChI is InChI=1S/C17H20ClNO2/c1-4-12-5-8-14(9-6-12)19-11-13-7-10-15(20-2)17(21-3)16(13)18/h5-10,19H,4,11H2,1-3H3. The molecule has 0 saturated heterocycles. The molecule has 0 heterocycles. The molecule has 0 fully saturated rings. The van der Waals surface area contributed by atoms with Gasteiger partial charge in [-0.2, -0.15) is 0 Å². The molecule has 0 amide bonds. The maximum Gasteiger partial charge on any atom is 0.179 e. The molecule has 0 bridgehead atoms. The molecule has 2 rings (SSSR count). The topological polar surface area (TPSA) is 30.5 Å². The number of hydrogen-bond acceptors (Lipinski definition) is 3. The number of anilines is 1. The second-order valence-electron chi connectivity index (χ2n) is 4.68. The van der Waals surface area contributed by atoms with E-state index in [1.54, 1.807) is 14.2 Å². The average Bonchev–Trinajstić information content (AvgIpc) is 2.53. The van der Waals surface area contributed by atoms with Crippen LogP contribution in [0.5, 0.6) is 11.5 Å². The smallest absolute Gasteiger partial charge is 0.179 e. The van der Waals surface area contributed by atoms with E-state index in [-0.39, 0.29) is 0 Å². The van der Waals surface area contributed by atoms with E-state index in [0.29, 0.717) is 23.1 Å². The number of rotatable bonds is 6. The SMILES string of the molecule is CCc1ccc(NCc2ccc(OC)c(OC)c2Cl)cc1. The highest BCUT2D eigenvalue weighted by molar-refractivity contribution is 6.33. The fraction of sp³-hybridized carbons (Fsp3) is 0.294. The van der Waals surface area contributed by atoms with Crippen molar-refractivity contribution in [2.45, 2.75) is 19.9 Å². The quantitative estimate of drug-likeness (QED) is 0.850. The summed E-state index contributed by atoms with van der Waals surface area (Å²) in [5, 5.41) is 3.94. The van der Waals surface area contributed by atoms with Crippen molar-refractivity contribution >= 4 is 17.3 Å². The van der Waals surface area contributed by atoms with Gasteiger partial charge in [0.2, 0.25) is 0 Å². The third kappa shape index (κ3) is 3.61. The Morgan fingerprint density at radius 2 is 1.71 bits per heavy atom. The molecule has 0 atom stereocenters. The molecule has 2 aromatic carbocycles. The van der Waals surface area contributed by atoms with Gasteiger partial charge in [-0.15, -0.1) is 0 Å². The number of ether oxygens (including phenoxy) is 2. The molecule has 112 valence electrons. The summed E-state index contributed by atoms with van der Waals surface area (Å²) in [4.78, 5) is 0. The summed E-state index contributed by atoms with van der Waals surface area (Å²) >= 11 is 6.36. The highest BCUT2D eigenvalue weighted by Gasteiger charge is 2.12. The molecule has 21 heavy (non-hydrogen) atoms. The number of aryl methyl sites for hydroxylation is 1. The van der Waals surface area contributed by atoms with Crippen LogP contribution in [0.4, 0.5) is 5.69 Å². The molecular formula is C17H20ClNO2. The van der Waals surface area contributed by atoms with Crippen LogP contribution in [0.1, 0.15) is 18.1 Å². The molecule has 0 saturated carbocycles. The van der Waals surface area contributed by atoms with Crippen LogP contribution < -0.4 is 14.8 Å². The van der Waals surface area contributed by atoms with E-state index >= 15 is 0 Å². The molecule has 0 radical (unpaired) electrons. The lowest BCUT2D eigenvalue weighted by molar-refractivity contribution is 0.355. The molecule has 3 nitrogen and oxygen atoms in total. The maximum absolute atomic E-state index is 6.36. The Balaban J connectivity index is 2.12. The normalized spacial score (nSPS) is 10.3. The number of nitrogens with one attached hydrogen (secondary N) is 1. The summed E-state index contributed by atoms with van der Waals surface area (Å²) in [6.45, 7) is 2.77. The Morgan fingerprint density at radius 1 is 1.00 bits per heavy atom. The number of hydrogen-bond donors (Lipinski definition) is 1. The van der Waals surface area contributed by atoms with Crippen molar-refractivity contribution in [3.05, 3.63) is 52.5 Å².